The van der Waals surface area contributed by atoms with Crippen molar-refractivity contribution in [3.8, 4) is 0 Å². The van der Waals surface area contributed by atoms with E-state index in [1.807, 2.05) is 6.92 Å². The first-order chi connectivity index (χ1) is 8.02. The molecule has 0 radical (unpaired) electrons. The minimum Gasteiger partial charge on any atom is -0.392 e. The Morgan fingerprint density at radius 1 is 1.35 bits per heavy atom. The van der Waals surface area contributed by atoms with Gasteiger partial charge in [-0.25, -0.2) is 0 Å². The minimum atomic E-state index is -0.0537. The third kappa shape index (κ3) is 4.56. The Morgan fingerprint density at radius 3 is 2.47 bits per heavy atom. The summed E-state index contributed by atoms with van der Waals surface area (Å²) in [4.78, 5) is 11.8. The van der Waals surface area contributed by atoms with E-state index in [-0.39, 0.29) is 23.7 Å². The Balaban J connectivity index is 2.41. The maximum Gasteiger partial charge on any atom is 0.228 e. The molecule has 0 aromatic carbocycles. The largest absolute Gasteiger partial charge is 0.392 e. The number of rotatable bonds is 3. The Hall–Kier alpha value is -1.36. The summed E-state index contributed by atoms with van der Waals surface area (Å²) in [6, 6.07) is 0.241. The van der Waals surface area contributed by atoms with E-state index in [1.165, 1.54) is 0 Å². The fourth-order valence-electron chi connectivity index (χ4n) is 1.94. The van der Waals surface area contributed by atoms with Crippen molar-refractivity contribution < 1.29 is 4.79 Å². The van der Waals surface area contributed by atoms with Gasteiger partial charge in [-0.2, -0.15) is 0 Å². The van der Waals surface area contributed by atoms with E-state index in [2.05, 4.69) is 10.6 Å². The number of amidine groups is 1. The van der Waals surface area contributed by atoms with Gasteiger partial charge in [0.1, 0.15) is 5.84 Å². The SMILES string of the molecule is CNC(C)=CC(=N)NC(=O)C1CCC(N)CC1. The normalized spacial score (nSPS) is 25.2. The van der Waals surface area contributed by atoms with Crippen LogP contribution in [-0.2, 0) is 4.79 Å². The van der Waals surface area contributed by atoms with Crippen LogP contribution < -0.4 is 16.4 Å². The molecular formula is C12H22N4O. The van der Waals surface area contributed by atoms with Crippen molar-refractivity contribution in [2.24, 2.45) is 11.7 Å². The first-order valence-corrected chi connectivity index (χ1v) is 6.04. The van der Waals surface area contributed by atoms with Crippen molar-refractivity contribution in [3.63, 3.8) is 0 Å². The smallest absolute Gasteiger partial charge is 0.228 e. The maximum absolute atomic E-state index is 11.8. The summed E-state index contributed by atoms with van der Waals surface area (Å²) >= 11 is 0. The number of nitrogens with one attached hydrogen (secondary N) is 3. The lowest BCUT2D eigenvalue weighted by Gasteiger charge is -2.24. The summed E-state index contributed by atoms with van der Waals surface area (Å²) in [6.07, 6.45) is 5.06. The van der Waals surface area contributed by atoms with Gasteiger partial charge in [0.05, 0.1) is 0 Å². The van der Waals surface area contributed by atoms with Gasteiger partial charge >= 0.3 is 0 Å². The molecule has 0 aromatic heterocycles. The Morgan fingerprint density at radius 2 is 1.94 bits per heavy atom. The molecule has 0 aliphatic heterocycles. The number of hydrogen-bond acceptors (Lipinski definition) is 4. The van der Waals surface area contributed by atoms with Crippen molar-refractivity contribution >= 4 is 11.7 Å². The van der Waals surface area contributed by atoms with Crippen molar-refractivity contribution in [2.45, 2.75) is 38.6 Å². The van der Waals surface area contributed by atoms with Crippen molar-refractivity contribution in [3.05, 3.63) is 11.8 Å². The molecule has 0 bridgehead atoms. The molecule has 1 rings (SSSR count). The highest BCUT2D eigenvalue weighted by molar-refractivity contribution is 6.03. The van der Waals surface area contributed by atoms with Gasteiger partial charge in [-0.05, 0) is 38.7 Å². The molecule has 1 fully saturated rings. The fourth-order valence-corrected chi connectivity index (χ4v) is 1.94. The second kappa shape index (κ2) is 6.39. The van der Waals surface area contributed by atoms with E-state index in [0.29, 0.717) is 0 Å². The van der Waals surface area contributed by atoms with Crippen LogP contribution in [0.3, 0.4) is 0 Å². The number of amides is 1. The van der Waals surface area contributed by atoms with E-state index in [9.17, 15) is 4.79 Å². The summed E-state index contributed by atoms with van der Waals surface area (Å²) in [6.45, 7) is 1.85. The zero-order chi connectivity index (χ0) is 12.8. The lowest BCUT2D eigenvalue weighted by atomic mass is 9.86. The summed E-state index contributed by atoms with van der Waals surface area (Å²) in [7, 11) is 1.78. The highest BCUT2D eigenvalue weighted by atomic mass is 16.1. The highest BCUT2D eigenvalue weighted by Gasteiger charge is 2.24. The molecule has 1 amide bonds. The van der Waals surface area contributed by atoms with E-state index in [4.69, 9.17) is 11.1 Å². The molecule has 1 aliphatic carbocycles. The predicted molar refractivity (Wildman–Crippen MR) is 68.6 cm³/mol. The van der Waals surface area contributed by atoms with Gasteiger partial charge < -0.3 is 16.4 Å². The zero-order valence-electron chi connectivity index (χ0n) is 10.5. The molecule has 0 saturated heterocycles. The second-order valence-electron chi connectivity index (χ2n) is 4.59. The Labute approximate surface area is 102 Å². The topological polar surface area (TPSA) is 91.0 Å². The average Bonchev–Trinajstić information content (AvgIpc) is 2.29. The first kappa shape index (κ1) is 13.7. The van der Waals surface area contributed by atoms with E-state index >= 15 is 0 Å². The van der Waals surface area contributed by atoms with Crippen LogP contribution in [0.1, 0.15) is 32.6 Å². The lowest BCUT2D eigenvalue weighted by Crippen LogP contribution is -2.38. The van der Waals surface area contributed by atoms with Crippen LogP contribution >= 0.6 is 0 Å². The van der Waals surface area contributed by atoms with E-state index in [1.54, 1.807) is 13.1 Å². The monoisotopic (exact) mass is 238 g/mol. The molecule has 17 heavy (non-hydrogen) atoms. The molecule has 1 aliphatic rings. The first-order valence-electron chi connectivity index (χ1n) is 6.04. The van der Waals surface area contributed by atoms with E-state index in [0.717, 1.165) is 31.4 Å². The molecule has 0 heterocycles. The summed E-state index contributed by atoms with van der Waals surface area (Å²) < 4.78 is 0. The molecular weight excluding hydrogens is 216 g/mol. The zero-order valence-corrected chi connectivity index (χ0v) is 10.5. The van der Waals surface area contributed by atoms with Crippen LogP contribution in [0, 0.1) is 11.3 Å². The number of allylic oxidation sites excluding steroid dienone is 1. The standard InChI is InChI=1S/C12H22N4O/c1-8(15-2)7-11(14)16-12(17)9-3-5-10(13)6-4-9/h7,9-10,15H,3-6,13H2,1-2H3,(H2,14,16,17). The molecule has 96 valence electrons. The van der Waals surface area contributed by atoms with Gasteiger partial charge in [0, 0.05) is 24.7 Å². The van der Waals surface area contributed by atoms with Crippen LogP contribution in [0.5, 0.6) is 0 Å². The van der Waals surface area contributed by atoms with Gasteiger partial charge in [0.2, 0.25) is 5.91 Å². The quantitative estimate of drug-likeness (QED) is 0.431. The highest BCUT2D eigenvalue weighted by Crippen LogP contribution is 2.23. The third-order valence-electron chi connectivity index (χ3n) is 3.16. The number of carbonyl (C=O) groups is 1. The molecule has 0 spiro atoms. The van der Waals surface area contributed by atoms with E-state index < -0.39 is 0 Å². The van der Waals surface area contributed by atoms with Crippen LogP contribution in [0.15, 0.2) is 11.8 Å². The van der Waals surface area contributed by atoms with Crippen molar-refractivity contribution in [2.75, 3.05) is 7.05 Å². The maximum atomic E-state index is 11.8. The summed E-state index contributed by atoms with van der Waals surface area (Å²) in [5.74, 6) is 0.0946. The molecule has 1 saturated carbocycles. The van der Waals surface area contributed by atoms with Crippen LogP contribution in [0.4, 0.5) is 0 Å². The van der Waals surface area contributed by atoms with Gasteiger partial charge in [-0.3, -0.25) is 10.2 Å². The van der Waals surface area contributed by atoms with Crippen LogP contribution in [0.25, 0.3) is 0 Å². The number of carbonyl (C=O) groups excluding carboxylic acids is 1. The summed E-state index contributed by atoms with van der Waals surface area (Å²) in [5.41, 5.74) is 6.64. The predicted octanol–water partition coefficient (Wildman–Crippen LogP) is 0.721. The van der Waals surface area contributed by atoms with Crippen LogP contribution in [0.2, 0.25) is 0 Å². The summed E-state index contributed by atoms with van der Waals surface area (Å²) in [5, 5.41) is 13.2. The van der Waals surface area contributed by atoms with Gasteiger partial charge in [-0.15, -0.1) is 0 Å². The Kier molecular flexibility index (Phi) is 5.15. The molecule has 5 nitrogen and oxygen atoms in total. The molecule has 0 atom stereocenters. The molecule has 0 aromatic rings. The van der Waals surface area contributed by atoms with Crippen molar-refractivity contribution in [1.29, 1.82) is 5.41 Å². The average molecular weight is 238 g/mol. The Bertz CT molecular complexity index is 316. The van der Waals surface area contributed by atoms with Crippen LogP contribution in [-0.4, -0.2) is 24.8 Å². The number of nitrogens with two attached hydrogens (primary N) is 1. The third-order valence-corrected chi connectivity index (χ3v) is 3.16. The molecule has 5 N–H and O–H groups in total. The minimum absolute atomic E-state index is 0.0124. The lowest BCUT2D eigenvalue weighted by molar-refractivity contribution is -0.124. The molecule has 0 unspecified atom stereocenters. The second-order valence-corrected chi connectivity index (χ2v) is 4.59. The van der Waals surface area contributed by atoms with Gasteiger partial charge in [0.25, 0.3) is 0 Å². The number of hydrogen-bond donors (Lipinski definition) is 4. The van der Waals surface area contributed by atoms with Gasteiger partial charge in [0.15, 0.2) is 0 Å². The van der Waals surface area contributed by atoms with Crippen molar-refractivity contribution in [1.82, 2.24) is 10.6 Å². The molecule has 5 heteroatoms. The fraction of sp³-hybridized carbons (Fsp3) is 0.667. The van der Waals surface area contributed by atoms with Gasteiger partial charge in [-0.1, -0.05) is 0 Å².